The van der Waals surface area contributed by atoms with Crippen LogP contribution in [0.5, 0.6) is 0 Å². The Balaban J connectivity index is 2.63. The Morgan fingerprint density at radius 2 is 2.50 bits per heavy atom. The lowest BCUT2D eigenvalue weighted by atomic mass is 10.0. The molecule has 0 bridgehead atoms. The molecule has 2 unspecified atom stereocenters. The van der Waals surface area contributed by atoms with E-state index in [4.69, 9.17) is 5.73 Å². The van der Waals surface area contributed by atoms with Crippen molar-refractivity contribution in [1.82, 2.24) is 4.90 Å². The summed E-state index contributed by atoms with van der Waals surface area (Å²) in [5, 5.41) is 0. The van der Waals surface area contributed by atoms with Gasteiger partial charge in [0.15, 0.2) is 0 Å². The van der Waals surface area contributed by atoms with E-state index >= 15 is 0 Å². The number of piperidine rings is 1. The van der Waals surface area contributed by atoms with Gasteiger partial charge in [-0.2, -0.15) is 0 Å². The van der Waals surface area contributed by atoms with Gasteiger partial charge in [-0.25, -0.2) is 0 Å². The molecule has 0 aliphatic carbocycles. The van der Waals surface area contributed by atoms with Crippen LogP contribution < -0.4 is 5.73 Å². The maximum absolute atomic E-state index is 11.5. The summed E-state index contributed by atoms with van der Waals surface area (Å²) in [7, 11) is 0. The Morgan fingerprint density at radius 1 is 1.83 bits per heavy atom. The first-order valence-electron chi connectivity index (χ1n) is 4.35. The normalized spacial score (nSPS) is 27.0. The van der Waals surface area contributed by atoms with Gasteiger partial charge < -0.3 is 10.6 Å². The van der Waals surface area contributed by atoms with Crippen LogP contribution in [0.15, 0.2) is 12.7 Å². The highest BCUT2D eigenvalue weighted by Crippen LogP contribution is 2.13. The van der Waals surface area contributed by atoms with E-state index in [2.05, 4.69) is 6.58 Å². The van der Waals surface area contributed by atoms with Gasteiger partial charge >= 0.3 is 0 Å². The van der Waals surface area contributed by atoms with Crippen LogP contribution in [0.2, 0.25) is 0 Å². The standard InChI is InChI=1S/C9H16N2O/c1-3-7(2)11-6-4-5-8(10)9(11)12/h3,7-8H,1,4-6,10H2,2H3. The predicted molar refractivity (Wildman–Crippen MR) is 48.6 cm³/mol. The molecule has 1 heterocycles. The average molecular weight is 168 g/mol. The summed E-state index contributed by atoms with van der Waals surface area (Å²) in [6, 6.07) is -0.176. The van der Waals surface area contributed by atoms with Gasteiger partial charge in [0.05, 0.1) is 6.04 Å². The molecule has 68 valence electrons. The van der Waals surface area contributed by atoms with Gasteiger partial charge in [0.1, 0.15) is 0 Å². The van der Waals surface area contributed by atoms with Crippen LogP contribution in [0, 0.1) is 0 Å². The lowest BCUT2D eigenvalue weighted by molar-refractivity contribution is -0.136. The molecule has 1 aliphatic rings. The molecule has 12 heavy (non-hydrogen) atoms. The lowest BCUT2D eigenvalue weighted by Crippen LogP contribution is -2.51. The highest BCUT2D eigenvalue weighted by molar-refractivity contribution is 5.82. The highest BCUT2D eigenvalue weighted by atomic mass is 16.2. The summed E-state index contributed by atoms with van der Waals surface area (Å²) in [5.41, 5.74) is 5.64. The molecule has 3 nitrogen and oxygen atoms in total. The van der Waals surface area contributed by atoms with Crippen LogP contribution in [0.3, 0.4) is 0 Å². The SMILES string of the molecule is C=CC(C)N1CCCC(N)C1=O. The molecule has 2 atom stereocenters. The van der Waals surface area contributed by atoms with Crippen molar-refractivity contribution in [2.24, 2.45) is 5.73 Å². The third kappa shape index (κ3) is 1.67. The maximum Gasteiger partial charge on any atom is 0.239 e. The van der Waals surface area contributed by atoms with Gasteiger partial charge in [-0.15, -0.1) is 6.58 Å². The van der Waals surface area contributed by atoms with Crippen molar-refractivity contribution in [3.8, 4) is 0 Å². The molecule has 0 spiro atoms. The molecule has 2 N–H and O–H groups in total. The van der Waals surface area contributed by atoms with E-state index in [1.54, 1.807) is 11.0 Å². The second-order valence-electron chi connectivity index (χ2n) is 3.26. The van der Waals surface area contributed by atoms with E-state index in [0.29, 0.717) is 0 Å². The summed E-state index contributed by atoms with van der Waals surface area (Å²) in [5.74, 6) is 0.0636. The number of hydrogen-bond acceptors (Lipinski definition) is 2. The van der Waals surface area contributed by atoms with E-state index in [0.717, 1.165) is 19.4 Å². The van der Waals surface area contributed by atoms with E-state index in [1.165, 1.54) is 0 Å². The molecule has 1 fully saturated rings. The summed E-state index contributed by atoms with van der Waals surface area (Å²) in [6.07, 6.45) is 3.60. The van der Waals surface area contributed by atoms with Crippen molar-refractivity contribution < 1.29 is 4.79 Å². The fourth-order valence-electron chi connectivity index (χ4n) is 1.46. The van der Waals surface area contributed by atoms with E-state index < -0.39 is 0 Å². The second-order valence-corrected chi connectivity index (χ2v) is 3.26. The Bertz CT molecular complexity index is 191. The molecule has 1 amide bonds. The van der Waals surface area contributed by atoms with Gasteiger partial charge in [-0.05, 0) is 19.8 Å². The van der Waals surface area contributed by atoms with Gasteiger partial charge in [0.2, 0.25) is 5.91 Å². The van der Waals surface area contributed by atoms with Crippen LogP contribution in [-0.4, -0.2) is 29.4 Å². The third-order valence-corrected chi connectivity index (χ3v) is 2.35. The maximum atomic E-state index is 11.5. The zero-order valence-electron chi connectivity index (χ0n) is 7.49. The Labute approximate surface area is 73.2 Å². The number of rotatable bonds is 2. The van der Waals surface area contributed by atoms with Crippen molar-refractivity contribution in [2.45, 2.75) is 31.8 Å². The molecule has 0 radical (unpaired) electrons. The Hall–Kier alpha value is -0.830. The summed E-state index contributed by atoms with van der Waals surface area (Å²) < 4.78 is 0. The molecule has 1 aliphatic heterocycles. The Kier molecular flexibility index (Phi) is 2.87. The molecule has 3 heteroatoms. The van der Waals surface area contributed by atoms with Crippen molar-refractivity contribution in [3.05, 3.63) is 12.7 Å². The average Bonchev–Trinajstić information content (AvgIpc) is 2.08. The van der Waals surface area contributed by atoms with Crippen molar-refractivity contribution >= 4 is 5.91 Å². The molecule has 0 saturated carbocycles. The topological polar surface area (TPSA) is 46.3 Å². The molecule has 0 aromatic carbocycles. The van der Waals surface area contributed by atoms with Gasteiger partial charge in [0, 0.05) is 12.6 Å². The number of carbonyl (C=O) groups excluding carboxylic acids is 1. The van der Waals surface area contributed by atoms with Crippen LogP contribution in [0.4, 0.5) is 0 Å². The van der Waals surface area contributed by atoms with Gasteiger partial charge in [-0.1, -0.05) is 6.08 Å². The zero-order valence-corrected chi connectivity index (χ0v) is 7.49. The quantitative estimate of drug-likeness (QED) is 0.611. The third-order valence-electron chi connectivity index (χ3n) is 2.35. The van der Waals surface area contributed by atoms with Crippen LogP contribution >= 0.6 is 0 Å². The number of nitrogens with zero attached hydrogens (tertiary/aromatic N) is 1. The number of hydrogen-bond donors (Lipinski definition) is 1. The zero-order chi connectivity index (χ0) is 9.14. The molecule has 0 aromatic heterocycles. The number of likely N-dealkylation sites (tertiary alicyclic amines) is 1. The minimum atomic E-state index is -0.291. The molecular weight excluding hydrogens is 152 g/mol. The molecular formula is C9H16N2O. The molecule has 1 rings (SSSR count). The summed E-state index contributed by atoms with van der Waals surface area (Å²) in [4.78, 5) is 13.3. The van der Waals surface area contributed by atoms with E-state index in [-0.39, 0.29) is 18.0 Å². The van der Waals surface area contributed by atoms with Crippen LogP contribution in [0.1, 0.15) is 19.8 Å². The Morgan fingerprint density at radius 3 is 3.08 bits per heavy atom. The van der Waals surface area contributed by atoms with Gasteiger partial charge in [0.25, 0.3) is 0 Å². The fourth-order valence-corrected chi connectivity index (χ4v) is 1.46. The highest BCUT2D eigenvalue weighted by Gasteiger charge is 2.27. The monoisotopic (exact) mass is 168 g/mol. The second kappa shape index (κ2) is 3.72. The minimum absolute atomic E-state index is 0.0636. The first kappa shape index (κ1) is 9.26. The van der Waals surface area contributed by atoms with Crippen molar-refractivity contribution in [1.29, 1.82) is 0 Å². The number of nitrogens with two attached hydrogens (primary N) is 1. The molecule has 0 aromatic rings. The smallest absolute Gasteiger partial charge is 0.239 e. The van der Waals surface area contributed by atoms with Gasteiger partial charge in [-0.3, -0.25) is 4.79 Å². The van der Waals surface area contributed by atoms with E-state index in [1.807, 2.05) is 6.92 Å². The number of carbonyl (C=O) groups is 1. The lowest BCUT2D eigenvalue weighted by Gasteiger charge is -2.33. The van der Waals surface area contributed by atoms with Crippen LogP contribution in [0.25, 0.3) is 0 Å². The minimum Gasteiger partial charge on any atom is -0.335 e. The first-order chi connectivity index (χ1) is 5.66. The van der Waals surface area contributed by atoms with Crippen molar-refractivity contribution in [3.63, 3.8) is 0 Å². The largest absolute Gasteiger partial charge is 0.335 e. The first-order valence-corrected chi connectivity index (χ1v) is 4.35. The van der Waals surface area contributed by atoms with E-state index in [9.17, 15) is 4.79 Å². The fraction of sp³-hybridized carbons (Fsp3) is 0.667. The molecule has 1 saturated heterocycles. The predicted octanol–water partition coefficient (Wildman–Crippen LogP) is 0.511. The number of amides is 1. The van der Waals surface area contributed by atoms with Crippen molar-refractivity contribution in [2.75, 3.05) is 6.54 Å². The van der Waals surface area contributed by atoms with Crippen LogP contribution in [-0.2, 0) is 4.79 Å². The summed E-state index contributed by atoms with van der Waals surface area (Å²) >= 11 is 0. The summed E-state index contributed by atoms with van der Waals surface area (Å²) in [6.45, 7) is 6.44.